The minimum atomic E-state index is 0.111. The first-order chi connectivity index (χ1) is 8.72. The van der Waals surface area contributed by atoms with Crippen molar-refractivity contribution in [2.75, 3.05) is 31.7 Å². The average molecular weight is 249 g/mol. The van der Waals surface area contributed by atoms with Gasteiger partial charge in [-0.25, -0.2) is 0 Å². The van der Waals surface area contributed by atoms with Crippen LogP contribution in [0.1, 0.15) is 18.4 Å². The molecule has 1 fully saturated rings. The summed E-state index contributed by atoms with van der Waals surface area (Å²) in [6, 6.07) is 4.01. The zero-order valence-corrected chi connectivity index (χ0v) is 10.7. The minimum absolute atomic E-state index is 0.111. The number of fused-ring (bicyclic) bond motifs is 1. The summed E-state index contributed by atoms with van der Waals surface area (Å²) in [7, 11) is 0. The number of rotatable bonds is 4. The van der Waals surface area contributed by atoms with Gasteiger partial charge in [0.2, 0.25) is 0 Å². The van der Waals surface area contributed by atoms with Gasteiger partial charge in [0.1, 0.15) is 13.2 Å². The van der Waals surface area contributed by atoms with Gasteiger partial charge in [-0.1, -0.05) is 0 Å². The molecule has 0 aromatic heterocycles. The molecule has 0 radical (unpaired) electrons. The lowest BCUT2D eigenvalue weighted by atomic mass is 10.1. The second-order valence-electron chi connectivity index (χ2n) is 5.32. The van der Waals surface area contributed by atoms with Crippen LogP contribution >= 0.6 is 0 Å². The molecule has 0 amide bonds. The van der Waals surface area contributed by atoms with Crippen molar-refractivity contribution in [3.8, 4) is 11.5 Å². The highest BCUT2D eigenvalue weighted by Crippen LogP contribution is 2.45. The van der Waals surface area contributed by atoms with Crippen molar-refractivity contribution < 1.29 is 14.6 Å². The highest BCUT2D eigenvalue weighted by molar-refractivity contribution is 5.60. The molecular weight excluding hydrogens is 230 g/mol. The Labute approximate surface area is 107 Å². The Balaban J connectivity index is 1.75. The van der Waals surface area contributed by atoms with Crippen molar-refractivity contribution >= 4 is 5.69 Å². The summed E-state index contributed by atoms with van der Waals surface area (Å²) in [5.41, 5.74) is 2.33. The van der Waals surface area contributed by atoms with Crippen LogP contribution in [0.2, 0.25) is 0 Å². The largest absolute Gasteiger partial charge is 0.486 e. The molecule has 4 heteroatoms. The van der Waals surface area contributed by atoms with E-state index in [0.717, 1.165) is 42.1 Å². The monoisotopic (exact) mass is 249 g/mol. The molecule has 1 heterocycles. The first-order valence-electron chi connectivity index (χ1n) is 6.47. The molecule has 0 unspecified atom stereocenters. The fourth-order valence-corrected chi connectivity index (χ4v) is 2.23. The molecule has 98 valence electrons. The van der Waals surface area contributed by atoms with E-state index in [9.17, 15) is 5.11 Å². The van der Waals surface area contributed by atoms with Crippen molar-refractivity contribution in [3.63, 3.8) is 0 Å². The van der Waals surface area contributed by atoms with E-state index in [0.29, 0.717) is 13.2 Å². The first-order valence-corrected chi connectivity index (χ1v) is 6.47. The van der Waals surface area contributed by atoms with E-state index in [4.69, 9.17) is 9.47 Å². The Bertz CT molecular complexity index is 455. The van der Waals surface area contributed by atoms with Crippen LogP contribution in [-0.4, -0.2) is 31.5 Å². The summed E-state index contributed by atoms with van der Waals surface area (Å²) in [5.74, 6) is 1.63. The van der Waals surface area contributed by atoms with Gasteiger partial charge in [0.05, 0.1) is 6.61 Å². The van der Waals surface area contributed by atoms with Gasteiger partial charge in [-0.2, -0.15) is 0 Å². The van der Waals surface area contributed by atoms with Gasteiger partial charge in [-0.3, -0.25) is 0 Å². The molecule has 0 saturated heterocycles. The third-order valence-corrected chi connectivity index (χ3v) is 3.84. The molecule has 0 atom stereocenters. The quantitative estimate of drug-likeness (QED) is 0.856. The van der Waals surface area contributed by atoms with Crippen LogP contribution in [0.25, 0.3) is 0 Å². The average Bonchev–Trinajstić information content (AvgIpc) is 3.17. The summed E-state index contributed by atoms with van der Waals surface area (Å²) < 4.78 is 11.1. The Morgan fingerprint density at radius 1 is 1.22 bits per heavy atom. The summed E-state index contributed by atoms with van der Waals surface area (Å²) >= 11 is 0. The number of nitrogens with one attached hydrogen (secondary N) is 1. The van der Waals surface area contributed by atoms with Gasteiger partial charge in [-0.05, 0) is 31.4 Å². The van der Waals surface area contributed by atoms with Crippen molar-refractivity contribution in [3.05, 3.63) is 17.7 Å². The number of hydrogen-bond donors (Lipinski definition) is 2. The van der Waals surface area contributed by atoms with Crippen molar-refractivity contribution in [2.45, 2.75) is 19.8 Å². The van der Waals surface area contributed by atoms with Gasteiger partial charge in [0.25, 0.3) is 0 Å². The van der Waals surface area contributed by atoms with Crippen LogP contribution in [0.3, 0.4) is 0 Å². The van der Waals surface area contributed by atoms with Crippen LogP contribution in [0.15, 0.2) is 12.1 Å². The summed E-state index contributed by atoms with van der Waals surface area (Å²) in [4.78, 5) is 0. The normalized spacial score (nSPS) is 19.4. The van der Waals surface area contributed by atoms with E-state index in [1.165, 1.54) is 0 Å². The van der Waals surface area contributed by atoms with Crippen molar-refractivity contribution in [1.82, 2.24) is 0 Å². The zero-order valence-electron chi connectivity index (χ0n) is 10.7. The standard InChI is InChI=1S/C14H19NO3/c1-10-6-12-13(18-5-4-17-12)7-11(10)15-8-14(9-16)2-3-14/h6-7,15-16H,2-5,8-9H2,1H3. The molecule has 3 rings (SSSR count). The maximum absolute atomic E-state index is 9.31. The number of anilines is 1. The molecule has 1 aliphatic heterocycles. The predicted molar refractivity (Wildman–Crippen MR) is 69.4 cm³/mol. The first kappa shape index (κ1) is 11.7. The van der Waals surface area contributed by atoms with Gasteiger partial charge >= 0.3 is 0 Å². The molecule has 18 heavy (non-hydrogen) atoms. The highest BCUT2D eigenvalue weighted by Gasteiger charge is 2.41. The smallest absolute Gasteiger partial charge is 0.163 e. The molecular formula is C14H19NO3. The second-order valence-corrected chi connectivity index (χ2v) is 5.32. The van der Waals surface area contributed by atoms with E-state index in [2.05, 4.69) is 12.2 Å². The van der Waals surface area contributed by atoms with Gasteiger partial charge in [0.15, 0.2) is 11.5 Å². The third kappa shape index (κ3) is 2.12. The number of ether oxygens (including phenoxy) is 2. The van der Waals surface area contributed by atoms with Gasteiger partial charge in [0, 0.05) is 23.7 Å². The highest BCUT2D eigenvalue weighted by atomic mass is 16.6. The topological polar surface area (TPSA) is 50.7 Å². The summed E-state index contributed by atoms with van der Waals surface area (Å²) in [6.45, 7) is 4.37. The molecule has 1 aromatic rings. The minimum Gasteiger partial charge on any atom is -0.486 e. The van der Waals surface area contributed by atoms with Crippen LogP contribution in [0, 0.1) is 12.3 Å². The number of hydrogen-bond acceptors (Lipinski definition) is 4. The van der Waals surface area contributed by atoms with E-state index in [-0.39, 0.29) is 12.0 Å². The lowest BCUT2D eigenvalue weighted by molar-refractivity contribution is 0.171. The van der Waals surface area contributed by atoms with Crippen LogP contribution in [-0.2, 0) is 0 Å². The summed E-state index contributed by atoms with van der Waals surface area (Å²) in [5, 5.41) is 12.7. The Morgan fingerprint density at radius 2 is 1.89 bits per heavy atom. The Morgan fingerprint density at radius 3 is 2.50 bits per heavy atom. The molecule has 4 nitrogen and oxygen atoms in total. The fraction of sp³-hybridized carbons (Fsp3) is 0.571. The lowest BCUT2D eigenvalue weighted by Gasteiger charge is -2.22. The summed E-state index contributed by atoms with van der Waals surface area (Å²) in [6.07, 6.45) is 2.22. The van der Waals surface area contributed by atoms with E-state index < -0.39 is 0 Å². The molecule has 1 saturated carbocycles. The fourth-order valence-electron chi connectivity index (χ4n) is 2.23. The maximum atomic E-state index is 9.31. The number of benzene rings is 1. The van der Waals surface area contributed by atoms with E-state index >= 15 is 0 Å². The molecule has 2 N–H and O–H groups in total. The van der Waals surface area contributed by atoms with Crippen LogP contribution in [0.5, 0.6) is 11.5 Å². The Hall–Kier alpha value is -1.42. The Kier molecular flexibility index (Phi) is 2.82. The van der Waals surface area contributed by atoms with Crippen LogP contribution < -0.4 is 14.8 Å². The molecule has 2 aliphatic rings. The van der Waals surface area contributed by atoms with Crippen molar-refractivity contribution in [1.29, 1.82) is 0 Å². The van der Waals surface area contributed by atoms with E-state index in [1.54, 1.807) is 0 Å². The zero-order chi connectivity index (χ0) is 12.6. The van der Waals surface area contributed by atoms with Gasteiger partial charge in [-0.15, -0.1) is 0 Å². The third-order valence-electron chi connectivity index (χ3n) is 3.84. The molecule has 1 aromatic carbocycles. The molecule has 1 aliphatic carbocycles. The predicted octanol–water partition coefficient (Wildman–Crippen LogP) is 1.95. The number of aliphatic hydroxyl groups excluding tert-OH is 1. The van der Waals surface area contributed by atoms with E-state index in [1.807, 2.05) is 12.1 Å². The maximum Gasteiger partial charge on any atom is 0.163 e. The number of aliphatic hydroxyl groups is 1. The van der Waals surface area contributed by atoms with Crippen LogP contribution in [0.4, 0.5) is 5.69 Å². The number of aryl methyl sites for hydroxylation is 1. The lowest BCUT2D eigenvalue weighted by Crippen LogP contribution is -2.20. The molecule has 0 spiro atoms. The molecule has 0 bridgehead atoms. The van der Waals surface area contributed by atoms with Crippen molar-refractivity contribution in [2.24, 2.45) is 5.41 Å². The SMILES string of the molecule is Cc1cc2c(cc1NCC1(CO)CC1)OCCO2. The second kappa shape index (κ2) is 4.35. The van der Waals surface area contributed by atoms with Gasteiger partial charge < -0.3 is 19.9 Å².